The highest BCUT2D eigenvalue weighted by atomic mass is 19.1. The maximum atomic E-state index is 12.9. The maximum absolute atomic E-state index is 12.9. The summed E-state index contributed by atoms with van der Waals surface area (Å²) in [6.45, 7) is 4.70. The van der Waals surface area contributed by atoms with Crippen LogP contribution >= 0.6 is 0 Å². The van der Waals surface area contributed by atoms with E-state index in [-0.39, 0.29) is 23.8 Å². The Kier molecular flexibility index (Phi) is 4.38. The second-order valence-electron chi connectivity index (χ2n) is 6.50. The van der Waals surface area contributed by atoms with Crippen LogP contribution in [0.4, 0.5) is 4.39 Å². The minimum absolute atomic E-state index is 0.0943. The van der Waals surface area contributed by atoms with E-state index in [1.165, 1.54) is 0 Å². The SMILES string of the molecule is Cc1cc(C)n2nc(C(=O)N3CCC[C@@H](Oc4ncc(F)cn4)C3)nc2n1. The molecule has 1 atom stereocenters. The molecule has 10 heteroatoms. The summed E-state index contributed by atoms with van der Waals surface area (Å²) in [4.78, 5) is 30.7. The molecule has 0 aliphatic carbocycles. The largest absolute Gasteiger partial charge is 0.458 e. The van der Waals surface area contributed by atoms with Gasteiger partial charge in [-0.1, -0.05) is 0 Å². The van der Waals surface area contributed by atoms with Crippen molar-refractivity contribution in [1.82, 2.24) is 34.4 Å². The van der Waals surface area contributed by atoms with Gasteiger partial charge in [0.05, 0.1) is 18.9 Å². The van der Waals surface area contributed by atoms with Gasteiger partial charge in [0.25, 0.3) is 11.7 Å². The summed E-state index contributed by atoms with van der Waals surface area (Å²) >= 11 is 0. The second kappa shape index (κ2) is 6.86. The van der Waals surface area contributed by atoms with E-state index in [0.717, 1.165) is 36.6 Å². The molecule has 4 rings (SSSR count). The number of hydrogen-bond acceptors (Lipinski definition) is 7. The van der Waals surface area contributed by atoms with Crippen molar-refractivity contribution in [3.05, 3.63) is 41.5 Å². The number of rotatable bonds is 3. The molecule has 1 saturated heterocycles. The number of ether oxygens (including phenoxy) is 1. The fraction of sp³-hybridized carbons (Fsp3) is 0.412. The lowest BCUT2D eigenvalue weighted by atomic mass is 10.1. The Hall–Kier alpha value is -3.17. The average Bonchev–Trinajstić information content (AvgIpc) is 3.07. The molecular formula is C17H18FN7O2. The first-order chi connectivity index (χ1) is 13.0. The van der Waals surface area contributed by atoms with E-state index in [9.17, 15) is 9.18 Å². The van der Waals surface area contributed by atoms with E-state index >= 15 is 0 Å². The van der Waals surface area contributed by atoms with Crippen LogP contribution in [0.5, 0.6) is 6.01 Å². The average molecular weight is 371 g/mol. The molecule has 1 amide bonds. The van der Waals surface area contributed by atoms with Crippen LogP contribution in [0.3, 0.4) is 0 Å². The molecule has 0 unspecified atom stereocenters. The Bertz CT molecular complexity index is 989. The van der Waals surface area contributed by atoms with Gasteiger partial charge in [-0.05, 0) is 32.8 Å². The van der Waals surface area contributed by atoms with E-state index in [0.29, 0.717) is 18.9 Å². The van der Waals surface area contributed by atoms with Gasteiger partial charge >= 0.3 is 6.01 Å². The van der Waals surface area contributed by atoms with Gasteiger partial charge in [0, 0.05) is 17.9 Å². The Morgan fingerprint density at radius 3 is 2.81 bits per heavy atom. The van der Waals surface area contributed by atoms with Gasteiger partial charge in [-0.25, -0.2) is 23.9 Å². The molecule has 1 aliphatic rings. The highest BCUT2D eigenvalue weighted by molar-refractivity contribution is 5.91. The quantitative estimate of drug-likeness (QED) is 0.685. The first-order valence-corrected chi connectivity index (χ1v) is 8.64. The van der Waals surface area contributed by atoms with Crippen molar-refractivity contribution >= 4 is 11.7 Å². The molecule has 0 saturated carbocycles. The molecule has 0 aromatic carbocycles. The summed E-state index contributed by atoms with van der Waals surface area (Å²) < 4.78 is 20.1. The number of nitrogens with zero attached hydrogens (tertiary/aromatic N) is 7. The number of aromatic nitrogens is 6. The standard InChI is InChI=1S/C17H18FN7O2/c1-10-6-11(2)25-16(21-10)22-14(23-25)15(26)24-5-3-4-13(9-24)27-17-19-7-12(18)8-20-17/h6-8,13H,3-5,9H2,1-2H3/t13-/m1/s1. The lowest BCUT2D eigenvalue weighted by molar-refractivity contribution is 0.0505. The van der Waals surface area contributed by atoms with E-state index in [1.807, 2.05) is 19.9 Å². The monoisotopic (exact) mass is 371 g/mol. The Morgan fingerprint density at radius 2 is 2.04 bits per heavy atom. The summed E-state index contributed by atoms with van der Waals surface area (Å²) in [5.41, 5.74) is 1.68. The van der Waals surface area contributed by atoms with Gasteiger partial charge in [-0.2, -0.15) is 4.98 Å². The third-order valence-electron chi connectivity index (χ3n) is 4.34. The zero-order valence-electron chi connectivity index (χ0n) is 15.0. The molecule has 3 aromatic rings. The summed E-state index contributed by atoms with van der Waals surface area (Å²) in [5.74, 6) is -0.291. The molecule has 0 N–H and O–H groups in total. The third kappa shape index (κ3) is 3.55. The second-order valence-corrected chi connectivity index (χ2v) is 6.50. The summed E-state index contributed by atoms with van der Waals surface area (Å²) in [6, 6.07) is 1.97. The lowest BCUT2D eigenvalue weighted by Crippen LogP contribution is -2.44. The van der Waals surface area contributed by atoms with Gasteiger partial charge < -0.3 is 9.64 Å². The molecule has 1 fully saturated rings. The van der Waals surface area contributed by atoms with Crippen LogP contribution in [0, 0.1) is 19.7 Å². The third-order valence-corrected chi connectivity index (χ3v) is 4.34. The van der Waals surface area contributed by atoms with Crippen LogP contribution in [0.2, 0.25) is 0 Å². The van der Waals surface area contributed by atoms with E-state index in [2.05, 4.69) is 25.0 Å². The highest BCUT2D eigenvalue weighted by Crippen LogP contribution is 2.17. The van der Waals surface area contributed by atoms with Crippen LogP contribution in [0.1, 0.15) is 34.8 Å². The number of aryl methyl sites for hydroxylation is 2. The molecule has 27 heavy (non-hydrogen) atoms. The molecule has 4 heterocycles. The summed E-state index contributed by atoms with van der Waals surface area (Å²) in [6.07, 6.45) is 3.34. The minimum Gasteiger partial charge on any atom is -0.458 e. The van der Waals surface area contributed by atoms with Crippen molar-refractivity contribution in [3.8, 4) is 6.01 Å². The van der Waals surface area contributed by atoms with Crippen molar-refractivity contribution in [2.24, 2.45) is 0 Å². The van der Waals surface area contributed by atoms with Gasteiger partial charge in [0.15, 0.2) is 5.82 Å². The van der Waals surface area contributed by atoms with Gasteiger partial charge in [0.1, 0.15) is 6.10 Å². The Balaban J connectivity index is 1.50. The molecule has 0 bridgehead atoms. The molecule has 3 aromatic heterocycles. The number of halogens is 1. The number of amides is 1. The zero-order chi connectivity index (χ0) is 19.0. The topological polar surface area (TPSA) is 98.4 Å². The molecule has 9 nitrogen and oxygen atoms in total. The normalized spacial score (nSPS) is 17.3. The predicted octanol–water partition coefficient (Wildman–Crippen LogP) is 1.35. The fourth-order valence-corrected chi connectivity index (χ4v) is 3.13. The van der Waals surface area contributed by atoms with Crippen LogP contribution in [0.15, 0.2) is 18.5 Å². The highest BCUT2D eigenvalue weighted by Gasteiger charge is 2.28. The minimum atomic E-state index is -0.528. The lowest BCUT2D eigenvalue weighted by Gasteiger charge is -2.31. The molecule has 0 spiro atoms. The molecule has 1 aliphatic heterocycles. The maximum Gasteiger partial charge on any atom is 0.316 e. The Labute approximate surface area is 154 Å². The van der Waals surface area contributed by atoms with Crippen LogP contribution in [-0.2, 0) is 0 Å². The van der Waals surface area contributed by atoms with Crippen LogP contribution < -0.4 is 4.74 Å². The Morgan fingerprint density at radius 1 is 1.26 bits per heavy atom. The summed E-state index contributed by atoms with van der Waals surface area (Å²) in [7, 11) is 0. The zero-order valence-corrected chi connectivity index (χ0v) is 15.0. The number of carbonyl (C=O) groups excluding carboxylic acids is 1. The smallest absolute Gasteiger partial charge is 0.316 e. The number of likely N-dealkylation sites (tertiary alicyclic amines) is 1. The molecule has 140 valence electrons. The number of fused-ring (bicyclic) bond motifs is 1. The van der Waals surface area contributed by atoms with Crippen LogP contribution in [0.25, 0.3) is 5.78 Å². The van der Waals surface area contributed by atoms with Crippen molar-refractivity contribution in [3.63, 3.8) is 0 Å². The van der Waals surface area contributed by atoms with E-state index in [4.69, 9.17) is 4.74 Å². The van der Waals surface area contributed by atoms with Crippen molar-refractivity contribution in [2.45, 2.75) is 32.8 Å². The van der Waals surface area contributed by atoms with Gasteiger partial charge in [-0.15, -0.1) is 5.10 Å². The summed E-state index contributed by atoms with van der Waals surface area (Å²) in [5, 5.41) is 4.29. The fourth-order valence-electron chi connectivity index (χ4n) is 3.13. The van der Waals surface area contributed by atoms with Crippen molar-refractivity contribution in [1.29, 1.82) is 0 Å². The number of hydrogen-bond donors (Lipinski definition) is 0. The van der Waals surface area contributed by atoms with E-state index < -0.39 is 5.82 Å². The van der Waals surface area contributed by atoms with E-state index in [1.54, 1.807) is 9.42 Å². The molecular weight excluding hydrogens is 353 g/mol. The van der Waals surface area contributed by atoms with Gasteiger partial charge in [0.2, 0.25) is 5.82 Å². The predicted molar refractivity (Wildman–Crippen MR) is 91.8 cm³/mol. The van der Waals surface area contributed by atoms with Crippen LogP contribution in [-0.4, -0.2) is 59.6 Å². The number of piperidine rings is 1. The molecule has 0 radical (unpaired) electrons. The number of carbonyl (C=O) groups is 1. The first kappa shape index (κ1) is 17.3. The van der Waals surface area contributed by atoms with Crippen molar-refractivity contribution in [2.75, 3.05) is 13.1 Å². The first-order valence-electron chi connectivity index (χ1n) is 8.64. The van der Waals surface area contributed by atoms with Gasteiger partial charge in [-0.3, -0.25) is 4.79 Å². The van der Waals surface area contributed by atoms with Crippen molar-refractivity contribution < 1.29 is 13.9 Å².